The van der Waals surface area contributed by atoms with Crippen LogP contribution < -0.4 is 10.6 Å². The van der Waals surface area contributed by atoms with Crippen LogP contribution in [-0.2, 0) is 25.5 Å². The Morgan fingerprint density at radius 2 is 1.19 bits per heavy atom. The van der Waals surface area contributed by atoms with E-state index in [4.69, 9.17) is 19.5 Å². The van der Waals surface area contributed by atoms with Crippen LogP contribution in [0.15, 0.2) is 65.8 Å². The number of hydrogen-bond acceptors (Lipinski definition) is 8. The Labute approximate surface area is 375 Å². The number of carbonyl (C=O) groups is 4. The van der Waals surface area contributed by atoms with Crippen molar-refractivity contribution in [3.05, 3.63) is 83.3 Å². The van der Waals surface area contributed by atoms with Crippen LogP contribution >= 0.6 is 0 Å². The van der Waals surface area contributed by atoms with Crippen LogP contribution in [0.3, 0.4) is 0 Å². The van der Waals surface area contributed by atoms with Gasteiger partial charge in [-0.15, -0.1) is 0 Å². The van der Waals surface area contributed by atoms with Gasteiger partial charge in [0.25, 0.3) is 0 Å². The topological polar surface area (TPSA) is 158 Å². The summed E-state index contributed by atoms with van der Waals surface area (Å²) in [7, 11) is 2.62. The number of fused-ring (bicyclic) bond motifs is 3. The monoisotopic (exact) mass is 867 g/mol. The molecule has 0 spiro atoms. The van der Waals surface area contributed by atoms with Gasteiger partial charge in [-0.25, -0.2) is 14.6 Å². The SMILES string of the molecule is COC(=O)N[C@H](C(=O)N1CCC[C@H]1C1=Nc2ccc(-c3ccc(-c4ccc(-c5cnc([C@@H]6CCCN6C(=O)[C@@H](NC(=O)OC)C(C)C)[nH]5)cc4)c4c3C3CCC4CC3)cc2C1)C(C)C. The van der Waals surface area contributed by atoms with Crippen LogP contribution in [0.4, 0.5) is 15.3 Å². The second kappa shape index (κ2) is 17.9. The Morgan fingerprint density at radius 3 is 1.75 bits per heavy atom. The highest BCUT2D eigenvalue weighted by atomic mass is 16.5. The number of H-pyrrole nitrogens is 1. The molecule has 4 atom stereocenters. The van der Waals surface area contributed by atoms with Crippen LogP contribution in [0, 0.1) is 11.8 Å². The first-order chi connectivity index (χ1) is 30.9. The van der Waals surface area contributed by atoms with E-state index in [0.717, 1.165) is 54.2 Å². The predicted molar refractivity (Wildman–Crippen MR) is 246 cm³/mol. The van der Waals surface area contributed by atoms with E-state index in [1.807, 2.05) is 43.7 Å². The van der Waals surface area contributed by atoms with Crippen molar-refractivity contribution in [2.45, 2.75) is 121 Å². The highest BCUT2D eigenvalue weighted by molar-refractivity contribution is 6.01. The molecule has 1 saturated carbocycles. The van der Waals surface area contributed by atoms with E-state index in [1.165, 1.54) is 78.8 Å². The van der Waals surface area contributed by atoms with E-state index in [0.29, 0.717) is 31.3 Å². The maximum Gasteiger partial charge on any atom is 0.407 e. The lowest BCUT2D eigenvalue weighted by atomic mass is 9.63. The van der Waals surface area contributed by atoms with E-state index in [-0.39, 0.29) is 35.7 Å². The lowest BCUT2D eigenvalue weighted by Gasteiger charge is -2.41. The molecule has 3 fully saturated rings. The summed E-state index contributed by atoms with van der Waals surface area (Å²) < 4.78 is 9.64. The van der Waals surface area contributed by atoms with Crippen molar-refractivity contribution in [2.24, 2.45) is 16.8 Å². The van der Waals surface area contributed by atoms with Crippen molar-refractivity contribution in [1.82, 2.24) is 30.4 Å². The van der Waals surface area contributed by atoms with Gasteiger partial charge in [0.2, 0.25) is 11.8 Å². The number of hydrogen-bond donors (Lipinski definition) is 3. The van der Waals surface area contributed by atoms with Gasteiger partial charge in [0.1, 0.15) is 17.9 Å². The highest BCUT2D eigenvalue weighted by Crippen LogP contribution is 2.55. The minimum atomic E-state index is -0.682. The molecule has 13 nitrogen and oxygen atoms in total. The predicted octanol–water partition coefficient (Wildman–Crippen LogP) is 9.21. The Morgan fingerprint density at radius 1 is 0.672 bits per heavy atom. The van der Waals surface area contributed by atoms with Crippen LogP contribution in [0.2, 0.25) is 0 Å². The molecule has 2 saturated heterocycles. The smallest absolute Gasteiger partial charge is 0.407 e. The van der Waals surface area contributed by atoms with Crippen molar-refractivity contribution in [2.75, 3.05) is 27.3 Å². The number of benzene rings is 3. The molecule has 64 heavy (non-hydrogen) atoms. The molecule has 3 aromatic carbocycles. The first kappa shape index (κ1) is 43.3. The average Bonchev–Trinajstić information content (AvgIpc) is 4.16. The van der Waals surface area contributed by atoms with E-state index in [9.17, 15) is 19.2 Å². The molecule has 3 aliphatic carbocycles. The molecule has 6 aliphatic rings. The van der Waals surface area contributed by atoms with E-state index < -0.39 is 24.3 Å². The summed E-state index contributed by atoms with van der Waals surface area (Å²) in [6, 6.07) is 18.5. The maximum absolute atomic E-state index is 13.8. The zero-order valence-electron chi connectivity index (χ0n) is 37.9. The fraction of sp³-hybridized carbons (Fsp3) is 0.490. The molecule has 10 rings (SSSR count). The zero-order valence-corrected chi connectivity index (χ0v) is 37.9. The van der Waals surface area contributed by atoms with Gasteiger partial charge in [0.05, 0.1) is 43.9 Å². The van der Waals surface area contributed by atoms with Crippen LogP contribution in [0.25, 0.3) is 33.5 Å². The van der Waals surface area contributed by atoms with Gasteiger partial charge in [0.15, 0.2) is 0 Å². The van der Waals surface area contributed by atoms with Gasteiger partial charge >= 0.3 is 12.2 Å². The number of aromatic nitrogens is 2. The fourth-order valence-corrected chi connectivity index (χ4v) is 11.2. The molecule has 0 radical (unpaired) electrons. The number of aromatic amines is 1. The van der Waals surface area contributed by atoms with Gasteiger partial charge in [-0.2, -0.15) is 0 Å². The Hall–Kier alpha value is -5.98. The summed E-state index contributed by atoms with van der Waals surface area (Å²) in [4.78, 5) is 68.9. The number of alkyl carbamates (subject to hydrolysis) is 2. The van der Waals surface area contributed by atoms with Crippen molar-refractivity contribution >= 4 is 35.4 Å². The van der Waals surface area contributed by atoms with Gasteiger partial charge in [-0.1, -0.05) is 70.2 Å². The Kier molecular flexibility index (Phi) is 12.1. The quantitative estimate of drug-likeness (QED) is 0.136. The molecule has 4 heterocycles. The number of likely N-dealkylation sites (tertiary alicyclic amines) is 2. The van der Waals surface area contributed by atoms with E-state index >= 15 is 0 Å². The molecule has 4 aromatic rings. The maximum atomic E-state index is 13.8. The number of aliphatic imine (C=N–C) groups is 1. The van der Waals surface area contributed by atoms with E-state index in [1.54, 1.807) is 0 Å². The lowest BCUT2D eigenvalue weighted by Crippen LogP contribution is -2.53. The first-order valence-electron chi connectivity index (χ1n) is 23.3. The summed E-state index contributed by atoms with van der Waals surface area (Å²) >= 11 is 0. The third-order valence-electron chi connectivity index (χ3n) is 14.5. The minimum Gasteiger partial charge on any atom is -0.453 e. The number of methoxy groups -OCH3 is 2. The standard InChI is InChI=1S/C51H61N7O6/c1-28(2)45(55-50(61)63-5)48(59)57-23-7-9-41(57)39-26-35-25-34(19-22-38(35)53-39)37-21-20-36(43-32-15-17-33(18-16-32)44(37)43)30-11-13-31(14-12-30)40-27-52-47(54-40)42-10-8-24-58(42)49(60)46(29(3)4)56-51(62)64-6/h11-14,19-22,25,27-29,32-33,41-42,45-46H,7-10,15-18,23-24,26H2,1-6H3,(H,52,54)(H,55,61)(H,56,62)/t32?,33?,41-,42-,45-,46-/m0/s1. The number of nitrogens with one attached hydrogen (secondary N) is 3. The Balaban J connectivity index is 0.936. The summed E-state index contributed by atoms with van der Waals surface area (Å²) in [6.07, 6.45) is 9.61. The fourth-order valence-electron chi connectivity index (χ4n) is 11.2. The number of imidazole rings is 1. The summed E-state index contributed by atoms with van der Waals surface area (Å²) in [6.45, 7) is 8.97. The van der Waals surface area contributed by atoms with Crippen molar-refractivity contribution < 1.29 is 28.7 Å². The minimum absolute atomic E-state index is 0.0806. The normalized spacial score (nSPS) is 22.0. The summed E-state index contributed by atoms with van der Waals surface area (Å²) in [5.41, 5.74) is 13.2. The Bertz CT molecular complexity index is 2470. The zero-order chi connectivity index (χ0) is 44.8. The third kappa shape index (κ3) is 8.06. The number of nitrogens with zero attached hydrogens (tertiary/aromatic N) is 4. The number of ether oxygens (including phenoxy) is 2. The third-order valence-corrected chi connectivity index (χ3v) is 14.5. The van der Waals surface area contributed by atoms with E-state index in [2.05, 4.69) is 70.2 Å². The highest BCUT2D eigenvalue weighted by Gasteiger charge is 2.41. The molecule has 2 bridgehead atoms. The van der Waals surface area contributed by atoms with Crippen molar-refractivity contribution in [3.8, 4) is 33.5 Å². The molecule has 3 aliphatic heterocycles. The van der Waals surface area contributed by atoms with Crippen molar-refractivity contribution in [3.63, 3.8) is 0 Å². The molecule has 3 N–H and O–H groups in total. The van der Waals surface area contributed by atoms with Crippen molar-refractivity contribution in [1.29, 1.82) is 0 Å². The molecule has 4 amide bonds. The van der Waals surface area contributed by atoms with Crippen LogP contribution in [0.5, 0.6) is 0 Å². The molecular formula is C51H61N7O6. The summed E-state index contributed by atoms with van der Waals surface area (Å²) in [5, 5.41) is 5.49. The second-order valence-corrected chi connectivity index (χ2v) is 19.0. The number of amides is 4. The molecule has 1 aromatic heterocycles. The average molecular weight is 868 g/mol. The summed E-state index contributed by atoms with van der Waals surface area (Å²) in [5.74, 6) is 1.41. The van der Waals surface area contributed by atoms with Gasteiger partial charge < -0.3 is 34.9 Å². The molecule has 13 heteroatoms. The molecule has 0 unspecified atom stereocenters. The molecular weight excluding hydrogens is 807 g/mol. The molecule has 336 valence electrons. The lowest BCUT2D eigenvalue weighted by molar-refractivity contribution is -0.135. The van der Waals surface area contributed by atoms with Crippen LogP contribution in [-0.4, -0.2) is 94.9 Å². The number of rotatable bonds is 11. The van der Waals surface area contributed by atoms with Gasteiger partial charge in [-0.3, -0.25) is 14.6 Å². The van der Waals surface area contributed by atoms with Gasteiger partial charge in [-0.05, 0) is 132 Å². The number of carbonyl (C=O) groups excluding carboxylic acids is 4. The largest absolute Gasteiger partial charge is 0.453 e. The first-order valence-corrected chi connectivity index (χ1v) is 23.3. The second-order valence-electron chi connectivity index (χ2n) is 19.0. The van der Waals surface area contributed by atoms with Crippen LogP contribution in [0.1, 0.15) is 119 Å². The van der Waals surface area contributed by atoms with Gasteiger partial charge in [0, 0.05) is 25.2 Å².